The highest BCUT2D eigenvalue weighted by Crippen LogP contribution is 2.26. The fourth-order valence-electron chi connectivity index (χ4n) is 1.39. The summed E-state index contributed by atoms with van der Waals surface area (Å²) >= 11 is 1.19. The Labute approximate surface area is 106 Å². The maximum Gasteiger partial charge on any atom is 0.311 e. The summed E-state index contributed by atoms with van der Waals surface area (Å²) in [6, 6.07) is 3.29. The first-order chi connectivity index (χ1) is 8.60. The van der Waals surface area contributed by atoms with Gasteiger partial charge in [-0.1, -0.05) is 0 Å². The van der Waals surface area contributed by atoms with E-state index < -0.39 is 17.6 Å². The molecule has 0 spiro atoms. The minimum atomic E-state index is -0.672. The van der Waals surface area contributed by atoms with Crippen molar-refractivity contribution >= 4 is 17.3 Å². The zero-order valence-corrected chi connectivity index (χ0v) is 10.3. The zero-order valence-electron chi connectivity index (χ0n) is 9.44. The standard InChI is InChI=1S/C12H9F2NO2S/c1-17-11(16)5-8-6-18-12(15-8)9-3-2-7(13)4-10(9)14/h2-4,6H,5H2,1H3. The lowest BCUT2D eigenvalue weighted by atomic mass is 10.2. The van der Waals surface area contributed by atoms with Crippen LogP contribution >= 0.6 is 11.3 Å². The first-order valence-electron chi connectivity index (χ1n) is 5.07. The molecule has 0 atom stereocenters. The van der Waals surface area contributed by atoms with Crippen molar-refractivity contribution in [2.45, 2.75) is 6.42 Å². The summed E-state index contributed by atoms with van der Waals surface area (Å²) in [5, 5.41) is 2.06. The van der Waals surface area contributed by atoms with Crippen LogP contribution in [0, 0.1) is 11.6 Å². The van der Waals surface area contributed by atoms with E-state index >= 15 is 0 Å². The van der Waals surface area contributed by atoms with Crippen LogP contribution in [0.15, 0.2) is 23.6 Å². The van der Waals surface area contributed by atoms with E-state index in [1.54, 1.807) is 5.38 Å². The molecule has 2 rings (SSSR count). The maximum atomic E-state index is 13.5. The van der Waals surface area contributed by atoms with Crippen molar-refractivity contribution < 1.29 is 18.3 Å². The highest BCUT2D eigenvalue weighted by atomic mass is 32.1. The van der Waals surface area contributed by atoms with Gasteiger partial charge < -0.3 is 4.74 Å². The number of thiazole rings is 1. The summed E-state index contributed by atoms with van der Waals surface area (Å²) in [6.45, 7) is 0. The van der Waals surface area contributed by atoms with Gasteiger partial charge >= 0.3 is 5.97 Å². The Kier molecular flexibility index (Phi) is 3.66. The maximum absolute atomic E-state index is 13.5. The van der Waals surface area contributed by atoms with E-state index in [2.05, 4.69) is 9.72 Å². The topological polar surface area (TPSA) is 39.2 Å². The van der Waals surface area contributed by atoms with Crippen LogP contribution in [0.2, 0.25) is 0 Å². The van der Waals surface area contributed by atoms with Gasteiger partial charge in [-0.25, -0.2) is 13.8 Å². The van der Waals surface area contributed by atoms with E-state index in [4.69, 9.17) is 0 Å². The molecule has 0 unspecified atom stereocenters. The molecule has 0 bridgehead atoms. The van der Waals surface area contributed by atoms with Crippen LogP contribution in [0.1, 0.15) is 5.69 Å². The van der Waals surface area contributed by atoms with E-state index in [1.165, 1.54) is 30.6 Å². The number of carbonyl (C=O) groups excluding carboxylic acids is 1. The Morgan fingerprint density at radius 2 is 2.22 bits per heavy atom. The lowest BCUT2D eigenvalue weighted by Gasteiger charge is -1.98. The van der Waals surface area contributed by atoms with E-state index in [9.17, 15) is 13.6 Å². The molecule has 2 aromatic rings. The average molecular weight is 269 g/mol. The summed E-state index contributed by atoms with van der Waals surface area (Å²) in [7, 11) is 1.29. The highest BCUT2D eigenvalue weighted by molar-refractivity contribution is 7.13. The van der Waals surface area contributed by atoms with Gasteiger partial charge in [0.15, 0.2) is 0 Å². The molecule has 0 amide bonds. The largest absolute Gasteiger partial charge is 0.469 e. The summed E-state index contributed by atoms with van der Waals surface area (Å²) in [4.78, 5) is 15.2. The third kappa shape index (κ3) is 2.70. The number of nitrogens with zero attached hydrogens (tertiary/aromatic N) is 1. The number of benzene rings is 1. The molecule has 0 radical (unpaired) electrons. The molecule has 1 heterocycles. The second-order valence-electron chi connectivity index (χ2n) is 3.52. The van der Waals surface area contributed by atoms with Gasteiger partial charge in [-0.05, 0) is 12.1 Å². The molecule has 6 heteroatoms. The lowest BCUT2D eigenvalue weighted by Crippen LogP contribution is -2.04. The van der Waals surface area contributed by atoms with Crippen molar-refractivity contribution in [2.24, 2.45) is 0 Å². The van der Waals surface area contributed by atoms with Crippen molar-refractivity contribution in [3.8, 4) is 10.6 Å². The predicted molar refractivity (Wildman–Crippen MR) is 63.2 cm³/mol. The Hall–Kier alpha value is -1.82. The van der Waals surface area contributed by atoms with E-state index in [-0.39, 0.29) is 12.0 Å². The molecule has 0 saturated heterocycles. The summed E-state index contributed by atoms with van der Waals surface area (Å²) in [6.07, 6.45) is 0.0375. The van der Waals surface area contributed by atoms with Gasteiger partial charge in [-0.15, -0.1) is 11.3 Å². The predicted octanol–water partition coefficient (Wildman–Crippen LogP) is 2.80. The fourth-order valence-corrected chi connectivity index (χ4v) is 2.24. The first kappa shape index (κ1) is 12.6. The second kappa shape index (κ2) is 5.22. The van der Waals surface area contributed by atoms with Gasteiger partial charge in [0, 0.05) is 17.0 Å². The number of methoxy groups -OCH3 is 1. The Morgan fingerprint density at radius 1 is 1.44 bits per heavy atom. The summed E-state index contributed by atoms with van der Waals surface area (Å²) < 4.78 is 30.8. The monoisotopic (exact) mass is 269 g/mol. The SMILES string of the molecule is COC(=O)Cc1csc(-c2ccc(F)cc2F)n1. The lowest BCUT2D eigenvalue weighted by molar-refractivity contribution is -0.139. The molecule has 0 aliphatic rings. The van der Waals surface area contributed by atoms with Crippen LogP contribution in [0.5, 0.6) is 0 Å². The van der Waals surface area contributed by atoms with Gasteiger partial charge in [-0.3, -0.25) is 4.79 Å². The van der Waals surface area contributed by atoms with Crippen LogP contribution in [0.3, 0.4) is 0 Å². The quantitative estimate of drug-likeness (QED) is 0.804. The molecule has 0 aliphatic heterocycles. The Balaban J connectivity index is 2.26. The minimum absolute atomic E-state index is 0.0375. The molecule has 3 nitrogen and oxygen atoms in total. The van der Waals surface area contributed by atoms with Gasteiger partial charge in [0.2, 0.25) is 0 Å². The van der Waals surface area contributed by atoms with Crippen molar-refractivity contribution in [2.75, 3.05) is 7.11 Å². The van der Waals surface area contributed by atoms with E-state index in [0.717, 1.165) is 6.07 Å². The molecular formula is C12H9F2NO2S. The van der Waals surface area contributed by atoms with E-state index in [1.807, 2.05) is 0 Å². The molecule has 1 aromatic heterocycles. The highest BCUT2D eigenvalue weighted by Gasteiger charge is 2.12. The number of ether oxygens (including phenoxy) is 1. The van der Waals surface area contributed by atoms with Crippen molar-refractivity contribution in [3.05, 3.63) is 40.9 Å². The van der Waals surface area contributed by atoms with Crippen LogP contribution in [-0.2, 0) is 16.0 Å². The minimum Gasteiger partial charge on any atom is -0.469 e. The molecule has 94 valence electrons. The number of esters is 1. The average Bonchev–Trinajstić information content (AvgIpc) is 2.77. The molecule has 18 heavy (non-hydrogen) atoms. The number of rotatable bonds is 3. The third-order valence-corrected chi connectivity index (χ3v) is 3.19. The normalized spacial score (nSPS) is 10.4. The van der Waals surface area contributed by atoms with Gasteiger partial charge in [0.25, 0.3) is 0 Å². The molecule has 0 aliphatic carbocycles. The number of halogens is 2. The fraction of sp³-hybridized carbons (Fsp3) is 0.167. The zero-order chi connectivity index (χ0) is 13.1. The number of hydrogen-bond acceptors (Lipinski definition) is 4. The number of hydrogen-bond donors (Lipinski definition) is 0. The van der Waals surface area contributed by atoms with Gasteiger partial charge in [-0.2, -0.15) is 0 Å². The Bertz CT molecular complexity index is 583. The van der Waals surface area contributed by atoms with Gasteiger partial charge in [0.05, 0.1) is 19.2 Å². The van der Waals surface area contributed by atoms with E-state index in [0.29, 0.717) is 10.7 Å². The van der Waals surface area contributed by atoms with Gasteiger partial charge in [0.1, 0.15) is 16.6 Å². The summed E-state index contributed by atoms with van der Waals surface area (Å²) in [5.74, 6) is -1.72. The third-order valence-electron chi connectivity index (χ3n) is 2.27. The van der Waals surface area contributed by atoms with Crippen LogP contribution in [0.4, 0.5) is 8.78 Å². The van der Waals surface area contributed by atoms with Crippen molar-refractivity contribution in [1.82, 2.24) is 4.98 Å². The van der Waals surface area contributed by atoms with Crippen molar-refractivity contribution in [3.63, 3.8) is 0 Å². The molecule has 0 fully saturated rings. The summed E-state index contributed by atoms with van der Waals surface area (Å²) in [5.41, 5.74) is 0.725. The Morgan fingerprint density at radius 3 is 2.89 bits per heavy atom. The molecular weight excluding hydrogens is 260 g/mol. The number of aromatic nitrogens is 1. The van der Waals surface area contributed by atoms with Crippen LogP contribution < -0.4 is 0 Å². The molecule has 0 saturated carbocycles. The van der Waals surface area contributed by atoms with Crippen LogP contribution in [-0.4, -0.2) is 18.1 Å². The molecule has 1 aromatic carbocycles. The smallest absolute Gasteiger partial charge is 0.311 e. The van der Waals surface area contributed by atoms with Crippen molar-refractivity contribution in [1.29, 1.82) is 0 Å². The van der Waals surface area contributed by atoms with Crippen LogP contribution in [0.25, 0.3) is 10.6 Å². The molecule has 0 N–H and O–H groups in total. The number of carbonyl (C=O) groups is 1. The first-order valence-corrected chi connectivity index (χ1v) is 5.94. The second-order valence-corrected chi connectivity index (χ2v) is 4.38.